The van der Waals surface area contributed by atoms with E-state index in [0.717, 1.165) is 29.6 Å². The predicted octanol–water partition coefficient (Wildman–Crippen LogP) is 3.54. The van der Waals surface area contributed by atoms with Crippen LogP contribution in [-0.4, -0.2) is 23.1 Å². The zero-order valence-electron chi connectivity index (χ0n) is 11.4. The van der Waals surface area contributed by atoms with Crippen LogP contribution in [0.4, 0.5) is 5.82 Å². The molecule has 96 valence electrons. The van der Waals surface area contributed by atoms with Gasteiger partial charge in [0.15, 0.2) is 0 Å². The first-order valence-electron chi connectivity index (χ1n) is 6.44. The first-order chi connectivity index (χ1) is 8.46. The molecule has 1 aliphatic rings. The van der Waals surface area contributed by atoms with E-state index in [9.17, 15) is 0 Å². The number of thiophene rings is 1. The zero-order chi connectivity index (χ0) is 12.9. The summed E-state index contributed by atoms with van der Waals surface area (Å²) in [6.45, 7) is 11.0. The molecule has 0 atom stereocenters. The smallest absolute Gasteiger partial charge is 0.141 e. The largest absolute Gasteiger partial charge is 0.355 e. The van der Waals surface area contributed by atoms with Crippen molar-refractivity contribution >= 4 is 27.4 Å². The van der Waals surface area contributed by atoms with Crippen molar-refractivity contribution in [3.8, 4) is 0 Å². The Labute approximate surface area is 112 Å². The van der Waals surface area contributed by atoms with Crippen molar-refractivity contribution in [2.75, 3.05) is 18.0 Å². The Bertz CT molecular complexity index is 600. The van der Waals surface area contributed by atoms with E-state index in [0.29, 0.717) is 5.41 Å². The molecule has 2 aromatic heterocycles. The summed E-state index contributed by atoms with van der Waals surface area (Å²) in [5.74, 6) is 2.02. The van der Waals surface area contributed by atoms with Crippen molar-refractivity contribution in [2.24, 2.45) is 5.41 Å². The summed E-state index contributed by atoms with van der Waals surface area (Å²) in [6.07, 6.45) is 1.24. The first kappa shape index (κ1) is 11.9. The minimum Gasteiger partial charge on any atom is -0.355 e. The summed E-state index contributed by atoms with van der Waals surface area (Å²) in [5, 5.41) is 3.44. The van der Waals surface area contributed by atoms with E-state index in [1.165, 1.54) is 17.4 Å². The van der Waals surface area contributed by atoms with Crippen LogP contribution in [0.2, 0.25) is 0 Å². The highest BCUT2D eigenvalue weighted by molar-refractivity contribution is 7.17. The number of nitrogens with zero attached hydrogens (tertiary/aromatic N) is 3. The minimum absolute atomic E-state index is 0.398. The van der Waals surface area contributed by atoms with E-state index in [1.807, 2.05) is 6.92 Å². The Hall–Kier alpha value is -1.16. The molecule has 0 aliphatic carbocycles. The maximum absolute atomic E-state index is 4.70. The topological polar surface area (TPSA) is 29.0 Å². The van der Waals surface area contributed by atoms with Crippen LogP contribution in [-0.2, 0) is 0 Å². The Morgan fingerprint density at radius 3 is 2.72 bits per heavy atom. The number of hydrogen-bond donors (Lipinski definition) is 0. The van der Waals surface area contributed by atoms with Crippen LogP contribution in [0.1, 0.15) is 31.7 Å². The number of rotatable bonds is 1. The van der Waals surface area contributed by atoms with Gasteiger partial charge in [0.2, 0.25) is 0 Å². The van der Waals surface area contributed by atoms with Crippen molar-refractivity contribution in [1.29, 1.82) is 0 Å². The van der Waals surface area contributed by atoms with Crippen LogP contribution < -0.4 is 4.90 Å². The van der Waals surface area contributed by atoms with Crippen LogP contribution in [0.15, 0.2) is 5.38 Å². The molecule has 1 saturated heterocycles. The third-order valence-electron chi connectivity index (χ3n) is 3.69. The molecule has 18 heavy (non-hydrogen) atoms. The molecule has 1 fully saturated rings. The number of hydrogen-bond acceptors (Lipinski definition) is 4. The second kappa shape index (κ2) is 3.92. The maximum atomic E-state index is 4.70. The number of aromatic nitrogens is 2. The van der Waals surface area contributed by atoms with Gasteiger partial charge in [0, 0.05) is 13.1 Å². The molecule has 0 amide bonds. The molecular weight excluding hydrogens is 242 g/mol. The van der Waals surface area contributed by atoms with Gasteiger partial charge in [0.1, 0.15) is 16.5 Å². The molecule has 0 radical (unpaired) electrons. The fourth-order valence-corrected chi connectivity index (χ4v) is 3.65. The molecule has 0 aromatic carbocycles. The van der Waals surface area contributed by atoms with Crippen LogP contribution in [0.5, 0.6) is 0 Å². The molecule has 0 unspecified atom stereocenters. The van der Waals surface area contributed by atoms with Gasteiger partial charge < -0.3 is 4.90 Å². The third-order valence-corrected chi connectivity index (χ3v) is 4.68. The summed E-state index contributed by atoms with van der Waals surface area (Å²) in [4.78, 5) is 12.8. The van der Waals surface area contributed by atoms with Crippen molar-refractivity contribution in [1.82, 2.24) is 9.97 Å². The summed E-state index contributed by atoms with van der Waals surface area (Å²) in [6, 6.07) is 0. The SMILES string of the molecule is Cc1nc(N2CCC(C)(C)C2)c2c(C)csc2n1. The van der Waals surface area contributed by atoms with Gasteiger partial charge in [-0.1, -0.05) is 13.8 Å². The van der Waals surface area contributed by atoms with Gasteiger partial charge in [0.25, 0.3) is 0 Å². The quantitative estimate of drug-likeness (QED) is 0.786. The lowest BCUT2D eigenvalue weighted by Crippen LogP contribution is -2.24. The molecule has 3 heterocycles. The summed E-state index contributed by atoms with van der Waals surface area (Å²) < 4.78 is 0. The van der Waals surface area contributed by atoms with Crippen molar-refractivity contribution in [2.45, 2.75) is 34.1 Å². The molecule has 0 N–H and O–H groups in total. The van der Waals surface area contributed by atoms with E-state index in [4.69, 9.17) is 4.98 Å². The van der Waals surface area contributed by atoms with Gasteiger partial charge in [-0.3, -0.25) is 0 Å². The highest BCUT2D eigenvalue weighted by Crippen LogP contribution is 2.37. The second-order valence-corrected chi connectivity index (χ2v) is 6.89. The van der Waals surface area contributed by atoms with Crippen LogP contribution >= 0.6 is 11.3 Å². The standard InChI is InChI=1S/C14H19N3S/c1-9-7-18-13-11(9)12(15-10(2)16-13)17-6-5-14(3,4)8-17/h7H,5-6,8H2,1-4H3. The van der Waals surface area contributed by atoms with Crippen molar-refractivity contribution in [3.63, 3.8) is 0 Å². The summed E-state index contributed by atoms with van der Waals surface area (Å²) in [5.41, 5.74) is 1.70. The van der Waals surface area contributed by atoms with Gasteiger partial charge in [-0.15, -0.1) is 11.3 Å². The van der Waals surface area contributed by atoms with Gasteiger partial charge >= 0.3 is 0 Å². The molecule has 1 aliphatic heterocycles. The number of aryl methyl sites for hydroxylation is 2. The monoisotopic (exact) mass is 261 g/mol. The Balaban J connectivity index is 2.14. The molecule has 3 nitrogen and oxygen atoms in total. The molecule has 2 aromatic rings. The average Bonchev–Trinajstić information content (AvgIpc) is 2.82. The summed E-state index contributed by atoms with van der Waals surface area (Å²) in [7, 11) is 0. The molecule has 3 rings (SSSR count). The normalized spacial score (nSPS) is 18.8. The minimum atomic E-state index is 0.398. The molecular formula is C14H19N3S. The van der Waals surface area contributed by atoms with E-state index in [-0.39, 0.29) is 0 Å². The molecule has 0 bridgehead atoms. The van der Waals surface area contributed by atoms with Crippen molar-refractivity contribution in [3.05, 3.63) is 16.8 Å². The fourth-order valence-electron chi connectivity index (χ4n) is 2.69. The van der Waals surface area contributed by atoms with Crippen molar-refractivity contribution < 1.29 is 0 Å². The lowest BCUT2D eigenvalue weighted by Gasteiger charge is -2.21. The second-order valence-electron chi connectivity index (χ2n) is 6.03. The summed E-state index contributed by atoms with van der Waals surface area (Å²) >= 11 is 1.72. The van der Waals surface area contributed by atoms with Crippen LogP contribution in [0, 0.1) is 19.3 Å². The number of fused-ring (bicyclic) bond motifs is 1. The van der Waals surface area contributed by atoms with Gasteiger partial charge in [0.05, 0.1) is 5.39 Å². The average molecular weight is 261 g/mol. The van der Waals surface area contributed by atoms with Gasteiger partial charge in [-0.25, -0.2) is 9.97 Å². The first-order valence-corrected chi connectivity index (χ1v) is 7.32. The maximum Gasteiger partial charge on any atom is 0.141 e. The molecule has 0 spiro atoms. The fraction of sp³-hybridized carbons (Fsp3) is 0.571. The van der Waals surface area contributed by atoms with Crippen LogP contribution in [0.25, 0.3) is 10.2 Å². The lowest BCUT2D eigenvalue weighted by molar-refractivity contribution is 0.418. The molecule has 4 heteroatoms. The van der Waals surface area contributed by atoms with E-state index in [2.05, 4.69) is 36.0 Å². The van der Waals surface area contributed by atoms with E-state index >= 15 is 0 Å². The van der Waals surface area contributed by atoms with Gasteiger partial charge in [-0.05, 0) is 36.6 Å². The van der Waals surface area contributed by atoms with E-state index < -0.39 is 0 Å². The Kier molecular flexibility index (Phi) is 2.59. The zero-order valence-corrected chi connectivity index (χ0v) is 12.3. The van der Waals surface area contributed by atoms with Crippen LogP contribution in [0.3, 0.4) is 0 Å². The highest BCUT2D eigenvalue weighted by atomic mass is 32.1. The van der Waals surface area contributed by atoms with Gasteiger partial charge in [-0.2, -0.15) is 0 Å². The Morgan fingerprint density at radius 1 is 1.28 bits per heavy atom. The highest BCUT2D eigenvalue weighted by Gasteiger charge is 2.31. The predicted molar refractivity (Wildman–Crippen MR) is 77.5 cm³/mol. The number of anilines is 1. The molecule has 0 saturated carbocycles. The Morgan fingerprint density at radius 2 is 2.06 bits per heavy atom. The lowest BCUT2D eigenvalue weighted by atomic mass is 9.93. The van der Waals surface area contributed by atoms with E-state index in [1.54, 1.807) is 11.3 Å². The third kappa shape index (κ3) is 1.88.